The van der Waals surface area contributed by atoms with Crippen LogP contribution in [0.25, 0.3) is 10.1 Å². The Bertz CT molecular complexity index is 779. The molecule has 3 aromatic rings. The fourth-order valence-corrected chi connectivity index (χ4v) is 6.04. The highest BCUT2D eigenvalue weighted by Gasteiger charge is 2.20. The van der Waals surface area contributed by atoms with E-state index >= 15 is 0 Å². The van der Waals surface area contributed by atoms with Crippen molar-refractivity contribution < 1.29 is 0 Å². The van der Waals surface area contributed by atoms with Crippen molar-refractivity contribution in [2.75, 3.05) is 0 Å². The normalized spacial score (nSPS) is 16.1. The van der Waals surface area contributed by atoms with Crippen molar-refractivity contribution in [2.45, 2.75) is 31.7 Å². The van der Waals surface area contributed by atoms with Crippen molar-refractivity contribution in [1.29, 1.82) is 0 Å². The van der Waals surface area contributed by atoms with Crippen molar-refractivity contribution in [1.82, 2.24) is 0 Å². The summed E-state index contributed by atoms with van der Waals surface area (Å²) in [4.78, 5) is 2.88. The lowest BCUT2D eigenvalue weighted by atomic mass is 9.98. The summed E-state index contributed by atoms with van der Waals surface area (Å²) in [6, 6.07) is 8.72. The quantitative estimate of drug-likeness (QED) is 0.613. The van der Waals surface area contributed by atoms with E-state index in [9.17, 15) is 0 Å². The molecule has 0 fully saturated rings. The topological polar surface area (TPSA) is 26.0 Å². The van der Waals surface area contributed by atoms with Gasteiger partial charge in [-0.3, -0.25) is 0 Å². The zero-order valence-corrected chi connectivity index (χ0v) is 14.8. The van der Waals surface area contributed by atoms with Crippen molar-refractivity contribution in [3.63, 3.8) is 0 Å². The Morgan fingerprint density at radius 1 is 1.19 bits per heavy atom. The van der Waals surface area contributed by atoms with Gasteiger partial charge in [-0.25, -0.2) is 0 Å². The summed E-state index contributed by atoms with van der Waals surface area (Å²) in [5.41, 5.74) is 9.39. The third-order valence-corrected chi connectivity index (χ3v) is 7.53. The molecule has 0 bridgehead atoms. The number of benzene rings is 1. The largest absolute Gasteiger partial charge is 0.320 e. The number of thiophene rings is 2. The van der Waals surface area contributed by atoms with Crippen molar-refractivity contribution in [3.8, 4) is 0 Å². The summed E-state index contributed by atoms with van der Waals surface area (Å²) in [6.45, 7) is 0. The minimum atomic E-state index is 0.00338. The highest BCUT2D eigenvalue weighted by Crippen LogP contribution is 2.39. The first-order valence-corrected chi connectivity index (χ1v) is 9.75. The van der Waals surface area contributed by atoms with Gasteiger partial charge in [0, 0.05) is 18.9 Å². The van der Waals surface area contributed by atoms with E-state index < -0.39 is 0 Å². The Hall–Kier alpha value is -0.680. The number of halogens is 1. The van der Waals surface area contributed by atoms with Gasteiger partial charge in [0.05, 0.1) is 6.04 Å². The van der Waals surface area contributed by atoms with Crippen LogP contribution in [0.15, 0.2) is 34.1 Å². The molecular formula is C17H16BrNS2. The van der Waals surface area contributed by atoms with Crippen molar-refractivity contribution >= 4 is 48.7 Å². The molecule has 1 nitrogen and oxygen atoms in total. The van der Waals surface area contributed by atoms with Gasteiger partial charge in [0.1, 0.15) is 0 Å². The van der Waals surface area contributed by atoms with E-state index in [-0.39, 0.29) is 6.04 Å². The molecule has 1 unspecified atom stereocenters. The lowest BCUT2D eigenvalue weighted by Crippen LogP contribution is -2.09. The molecule has 108 valence electrons. The first-order valence-electron chi connectivity index (χ1n) is 7.26. The van der Waals surface area contributed by atoms with E-state index in [1.807, 2.05) is 11.3 Å². The SMILES string of the molecule is NC(c1cc2c(s1)CCCC2)c1csc2c(Br)cccc12. The highest BCUT2D eigenvalue weighted by atomic mass is 79.9. The molecular weight excluding hydrogens is 362 g/mol. The highest BCUT2D eigenvalue weighted by molar-refractivity contribution is 9.10. The van der Waals surface area contributed by atoms with Crippen LogP contribution in [0.5, 0.6) is 0 Å². The Balaban J connectivity index is 1.77. The molecule has 4 heteroatoms. The van der Waals surface area contributed by atoms with Gasteiger partial charge >= 0.3 is 0 Å². The lowest BCUT2D eigenvalue weighted by molar-refractivity contribution is 0.696. The van der Waals surface area contributed by atoms with Crippen LogP contribution in [-0.2, 0) is 12.8 Å². The second kappa shape index (κ2) is 5.51. The van der Waals surface area contributed by atoms with E-state index in [4.69, 9.17) is 5.73 Å². The molecule has 4 rings (SSSR count). The first kappa shape index (κ1) is 13.9. The number of aryl methyl sites for hydroxylation is 2. The fourth-order valence-electron chi connectivity index (χ4n) is 3.10. The third-order valence-electron chi connectivity index (χ3n) is 4.24. The van der Waals surface area contributed by atoms with Gasteiger partial charge in [-0.1, -0.05) is 12.1 Å². The van der Waals surface area contributed by atoms with Crippen molar-refractivity contribution in [2.24, 2.45) is 5.73 Å². The molecule has 0 spiro atoms. The van der Waals surface area contributed by atoms with Gasteiger partial charge in [0.25, 0.3) is 0 Å². The zero-order chi connectivity index (χ0) is 14.4. The summed E-state index contributed by atoms with van der Waals surface area (Å²) < 4.78 is 2.46. The Morgan fingerprint density at radius 3 is 2.90 bits per heavy atom. The van der Waals surface area contributed by atoms with Crippen LogP contribution in [0, 0.1) is 0 Å². The van der Waals surface area contributed by atoms with Crippen LogP contribution in [0.3, 0.4) is 0 Å². The van der Waals surface area contributed by atoms with Crippen LogP contribution in [0.4, 0.5) is 0 Å². The monoisotopic (exact) mass is 377 g/mol. The molecule has 0 saturated heterocycles. The molecule has 1 aromatic carbocycles. The standard InChI is InChI=1S/C17H16BrNS2/c18-13-6-3-5-11-12(9-20-17(11)13)16(19)15-8-10-4-1-2-7-14(10)21-15/h3,5-6,8-9,16H,1-2,4,7,19H2. The van der Waals surface area contributed by atoms with Gasteiger partial charge < -0.3 is 5.73 Å². The number of hydrogen-bond acceptors (Lipinski definition) is 3. The maximum absolute atomic E-state index is 6.59. The molecule has 0 saturated carbocycles. The summed E-state index contributed by atoms with van der Waals surface area (Å²) in [5, 5.41) is 3.51. The number of nitrogens with two attached hydrogens (primary N) is 1. The average Bonchev–Trinajstić information content (AvgIpc) is 3.11. The molecule has 1 atom stereocenters. The van der Waals surface area contributed by atoms with Crippen molar-refractivity contribution in [3.05, 3.63) is 55.0 Å². The molecule has 21 heavy (non-hydrogen) atoms. The second-order valence-electron chi connectivity index (χ2n) is 5.59. The molecule has 0 amide bonds. The summed E-state index contributed by atoms with van der Waals surface area (Å²) in [7, 11) is 0. The van der Waals surface area contributed by atoms with E-state index in [0.717, 1.165) is 4.47 Å². The van der Waals surface area contributed by atoms with Gasteiger partial charge in [0.15, 0.2) is 0 Å². The van der Waals surface area contributed by atoms with Gasteiger partial charge in [-0.15, -0.1) is 22.7 Å². The summed E-state index contributed by atoms with van der Waals surface area (Å²) in [6.07, 6.45) is 5.13. The lowest BCUT2D eigenvalue weighted by Gasteiger charge is -2.08. The van der Waals surface area contributed by atoms with Crippen LogP contribution < -0.4 is 5.73 Å². The minimum Gasteiger partial charge on any atom is -0.320 e. The van der Waals surface area contributed by atoms with Crippen LogP contribution in [0.2, 0.25) is 0 Å². The van der Waals surface area contributed by atoms with Gasteiger partial charge in [-0.05, 0) is 75.6 Å². The molecule has 0 aliphatic heterocycles. The second-order valence-corrected chi connectivity index (χ2v) is 8.49. The van der Waals surface area contributed by atoms with Crippen LogP contribution >= 0.6 is 38.6 Å². The molecule has 0 radical (unpaired) electrons. The third kappa shape index (κ3) is 2.38. The maximum Gasteiger partial charge on any atom is 0.0660 e. The summed E-state index contributed by atoms with van der Waals surface area (Å²) in [5.74, 6) is 0. The Labute approximate surface area is 140 Å². The Morgan fingerprint density at radius 2 is 2.05 bits per heavy atom. The van der Waals surface area contributed by atoms with Gasteiger partial charge in [-0.2, -0.15) is 0 Å². The molecule has 2 N–H and O–H groups in total. The molecule has 1 aliphatic rings. The number of hydrogen-bond donors (Lipinski definition) is 1. The minimum absolute atomic E-state index is 0.00338. The van der Waals surface area contributed by atoms with E-state index in [1.54, 1.807) is 16.2 Å². The average molecular weight is 378 g/mol. The number of fused-ring (bicyclic) bond motifs is 2. The maximum atomic E-state index is 6.59. The molecule has 1 aliphatic carbocycles. The summed E-state index contributed by atoms with van der Waals surface area (Å²) >= 11 is 7.33. The van der Waals surface area contributed by atoms with Crippen LogP contribution in [-0.4, -0.2) is 0 Å². The predicted octanol–water partition coefficient (Wildman–Crippen LogP) is 5.65. The smallest absolute Gasteiger partial charge is 0.0660 e. The fraction of sp³-hybridized carbons (Fsp3) is 0.294. The number of rotatable bonds is 2. The van der Waals surface area contributed by atoms with Gasteiger partial charge in [0.2, 0.25) is 0 Å². The molecule has 2 heterocycles. The van der Waals surface area contributed by atoms with Crippen LogP contribution in [0.1, 0.15) is 39.8 Å². The van der Waals surface area contributed by atoms with E-state index in [1.165, 1.54) is 51.8 Å². The van der Waals surface area contributed by atoms with E-state index in [2.05, 4.69) is 45.6 Å². The predicted molar refractivity (Wildman–Crippen MR) is 96.5 cm³/mol. The first-order chi connectivity index (χ1) is 10.2. The molecule has 2 aromatic heterocycles. The van der Waals surface area contributed by atoms with E-state index in [0.29, 0.717) is 0 Å². The zero-order valence-electron chi connectivity index (χ0n) is 11.6. The Kier molecular flexibility index (Phi) is 3.66.